The van der Waals surface area contributed by atoms with Crippen LogP contribution < -0.4 is 5.32 Å². The molecule has 0 aliphatic carbocycles. The van der Waals surface area contributed by atoms with Crippen molar-refractivity contribution < 1.29 is 4.79 Å². The highest BCUT2D eigenvalue weighted by Gasteiger charge is 2.10. The fourth-order valence-corrected chi connectivity index (χ4v) is 2.82. The quantitative estimate of drug-likeness (QED) is 0.835. The number of nitrogens with zero attached hydrogens (tertiary/aromatic N) is 1. The molecule has 0 atom stereocenters. The van der Waals surface area contributed by atoms with Gasteiger partial charge in [-0.3, -0.25) is 4.79 Å². The minimum absolute atomic E-state index is 0.0500. The summed E-state index contributed by atoms with van der Waals surface area (Å²) < 4.78 is 0. The molecule has 1 heterocycles. The lowest BCUT2D eigenvalue weighted by Gasteiger charge is -2.26. The van der Waals surface area contributed by atoms with E-state index < -0.39 is 0 Å². The van der Waals surface area contributed by atoms with E-state index in [4.69, 9.17) is 0 Å². The second kappa shape index (κ2) is 8.83. The molecule has 1 fully saturated rings. The van der Waals surface area contributed by atoms with E-state index in [1.54, 1.807) is 0 Å². The predicted molar refractivity (Wildman–Crippen MR) is 87.7 cm³/mol. The maximum atomic E-state index is 12.1. The molecule has 0 aromatic heterocycles. The van der Waals surface area contributed by atoms with Crippen molar-refractivity contribution in [2.45, 2.75) is 45.4 Å². The summed E-state index contributed by atoms with van der Waals surface area (Å²) in [5.74, 6) is 0.0500. The van der Waals surface area contributed by atoms with Crippen molar-refractivity contribution in [1.82, 2.24) is 10.2 Å². The summed E-state index contributed by atoms with van der Waals surface area (Å²) in [5, 5.41) is 3.03. The molecular formula is C18H28N2O. The number of unbranched alkanes of at least 4 members (excludes halogenated alkanes) is 1. The molecule has 1 aliphatic rings. The van der Waals surface area contributed by atoms with Gasteiger partial charge >= 0.3 is 0 Å². The molecular weight excluding hydrogens is 260 g/mol. The fraction of sp³-hybridized carbons (Fsp3) is 0.611. The third kappa shape index (κ3) is 5.50. The van der Waals surface area contributed by atoms with Crippen LogP contribution in [0.15, 0.2) is 24.3 Å². The monoisotopic (exact) mass is 288 g/mol. The second-order valence-electron chi connectivity index (χ2n) is 5.96. The van der Waals surface area contributed by atoms with Crippen LogP contribution in [-0.2, 0) is 6.42 Å². The highest BCUT2D eigenvalue weighted by atomic mass is 16.1. The first-order chi connectivity index (χ1) is 10.3. The minimum Gasteiger partial charge on any atom is -0.351 e. The molecule has 1 amide bonds. The highest BCUT2D eigenvalue weighted by molar-refractivity contribution is 5.94. The minimum atomic E-state index is 0.0500. The molecule has 116 valence electrons. The van der Waals surface area contributed by atoms with Crippen LogP contribution in [0.1, 0.15) is 54.9 Å². The maximum absolute atomic E-state index is 12.1. The number of piperidine rings is 1. The van der Waals surface area contributed by atoms with Crippen LogP contribution in [-0.4, -0.2) is 37.0 Å². The van der Waals surface area contributed by atoms with Crippen LogP contribution in [0.25, 0.3) is 0 Å². The van der Waals surface area contributed by atoms with Gasteiger partial charge in [-0.15, -0.1) is 0 Å². The van der Waals surface area contributed by atoms with Gasteiger partial charge < -0.3 is 10.2 Å². The van der Waals surface area contributed by atoms with Crippen molar-refractivity contribution in [3.8, 4) is 0 Å². The molecule has 3 nitrogen and oxygen atoms in total. The van der Waals surface area contributed by atoms with Crippen molar-refractivity contribution >= 4 is 5.91 Å². The summed E-state index contributed by atoms with van der Waals surface area (Å²) >= 11 is 0. The zero-order chi connectivity index (χ0) is 14.9. The molecule has 2 rings (SSSR count). The Bertz CT molecular complexity index is 421. The second-order valence-corrected chi connectivity index (χ2v) is 5.96. The van der Waals surface area contributed by atoms with Crippen molar-refractivity contribution in [2.24, 2.45) is 0 Å². The van der Waals surface area contributed by atoms with E-state index >= 15 is 0 Å². The Hall–Kier alpha value is -1.35. The van der Waals surface area contributed by atoms with Crippen LogP contribution in [0, 0.1) is 0 Å². The number of likely N-dealkylation sites (tertiary alicyclic amines) is 1. The lowest BCUT2D eigenvalue weighted by molar-refractivity contribution is 0.0946. The van der Waals surface area contributed by atoms with Gasteiger partial charge in [-0.05, 0) is 56.5 Å². The molecule has 0 bridgehead atoms. The molecule has 0 unspecified atom stereocenters. The summed E-state index contributed by atoms with van der Waals surface area (Å²) in [6.07, 6.45) is 7.47. The first-order valence-electron chi connectivity index (χ1n) is 8.39. The van der Waals surface area contributed by atoms with E-state index in [2.05, 4.69) is 29.3 Å². The maximum Gasteiger partial charge on any atom is 0.251 e. The van der Waals surface area contributed by atoms with Gasteiger partial charge in [-0.1, -0.05) is 31.9 Å². The van der Waals surface area contributed by atoms with Gasteiger partial charge in [0.1, 0.15) is 0 Å². The molecule has 0 spiro atoms. The number of carbonyl (C=O) groups excluding carboxylic acids is 1. The Labute approximate surface area is 128 Å². The van der Waals surface area contributed by atoms with E-state index in [-0.39, 0.29) is 5.91 Å². The lowest BCUT2D eigenvalue weighted by atomic mass is 10.1. The standard InChI is InChI=1S/C18H28N2O/c1-2-3-7-16-8-10-17(11-9-16)18(21)19-12-15-20-13-5-4-6-14-20/h8-11H,2-7,12-15H2,1H3,(H,19,21). The smallest absolute Gasteiger partial charge is 0.251 e. The van der Waals surface area contributed by atoms with Gasteiger partial charge in [0.05, 0.1) is 0 Å². The number of nitrogens with one attached hydrogen (secondary N) is 1. The van der Waals surface area contributed by atoms with Crippen LogP contribution in [0.2, 0.25) is 0 Å². The zero-order valence-electron chi connectivity index (χ0n) is 13.2. The first kappa shape index (κ1) is 16.0. The molecule has 1 saturated heterocycles. The van der Waals surface area contributed by atoms with Crippen LogP contribution in [0.3, 0.4) is 0 Å². The van der Waals surface area contributed by atoms with E-state index in [9.17, 15) is 4.79 Å². The van der Waals surface area contributed by atoms with Gasteiger partial charge in [0.2, 0.25) is 0 Å². The Morgan fingerprint density at radius 2 is 1.86 bits per heavy atom. The van der Waals surface area contributed by atoms with Gasteiger partial charge in [0, 0.05) is 18.7 Å². The molecule has 1 aliphatic heterocycles. The lowest BCUT2D eigenvalue weighted by Crippen LogP contribution is -2.37. The van der Waals surface area contributed by atoms with Crippen molar-refractivity contribution in [2.75, 3.05) is 26.2 Å². The van der Waals surface area contributed by atoms with Crippen molar-refractivity contribution in [3.05, 3.63) is 35.4 Å². The fourth-order valence-electron chi connectivity index (χ4n) is 2.82. The van der Waals surface area contributed by atoms with E-state index in [1.165, 1.54) is 50.8 Å². The third-order valence-electron chi connectivity index (χ3n) is 4.20. The number of rotatable bonds is 7. The van der Waals surface area contributed by atoms with Gasteiger partial charge in [0.15, 0.2) is 0 Å². The Morgan fingerprint density at radius 3 is 2.52 bits per heavy atom. The zero-order valence-corrected chi connectivity index (χ0v) is 13.2. The van der Waals surface area contributed by atoms with Gasteiger partial charge in [-0.2, -0.15) is 0 Å². The number of aryl methyl sites for hydroxylation is 1. The van der Waals surface area contributed by atoms with Gasteiger partial charge in [-0.25, -0.2) is 0 Å². The van der Waals surface area contributed by atoms with Crippen LogP contribution in [0.5, 0.6) is 0 Å². The Morgan fingerprint density at radius 1 is 1.14 bits per heavy atom. The summed E-state index contributed by atoms with van der Waals surface area (Å²) in [6, 6.07) is 8.05. The third-order valence-corrected chi connectivity index (χ3v) is 4.20. The summed E-state index contributed by atoms with van der Waals surface area (Å²) in [7, 11) is 0. The number of amides is 1. The molecule has 0 saturated carbocycles. The summed E-state index contributed by atoms with van der Waals surface area (Å²) in [4.78, 5) is 14.5. The largest absolute Gasteiger partial charge is 0.351 e. The number of benzene rings is 1. The Balaban J connectivity index is 1.72. The molecule has 3 heteroatoms. The number of hydrogen-bond donors (Lipinski definition) is 1. The van der Waals surface area contributed by atoms with E-state index in [0.29, 0.717) is 0 Å². The molecule has 0 radical (unpaired) electrons. The van der Waals surface area contributed by atoms with E-state index in [1.807, 2.05) is 12.1 Å². The normalized spacial score (nSPS) is 15.9. The number of hydrogen-bond acceptors (Lipinski definition) is 2. The average molecular weight is 288 g/mol. The van der Waals surface area contributed by atoms with Crippen molar-refractivity contribution in [3.63, 3.8) is 0 Å². The Kier molecular flexibility index (Phi) is 6.74. The van der Waals surface area contributed by atoms with Crippen molar-refractivity contribution in [1.29, 1.82) is 0 Å². The van der Waals surface area contributed by atoms with Gasteiger partial charge in [0.25, 0.3) is 5.91 Å². The number of carbonyl (C=O) groups is 1. The summed E-state index contributed by atoms with van der Waals surface area (Å²) in [5.41, 5.74) is 2.09. The average Bonchev–Trinajstić information content (AvgIpc) is 2.54. The summed E-state index contributed by atoms with van der Waals surface area (Å²) in [6.45, 7) is 6.28. The first-order valence-corrected chi connectivity index (χ1v) is 8.39. The van der Waals surface area contributed by atoms with Crippen LogP contribution in [0.4, 0.5) is 0 Å². The SMILES string of the molecule is CCCCc1ccc(C(=O)NCCN2CCCCC2)cc1. The topological polar surface area (TPSA) is 32.3 Å². The van der Waals surface area contributed by atoms with Crippen LogP contribution >= 0.6 is 0 Å². The molecule has 21 heavy (non-hydrogen) atoms. The predicted octanol–water partition coefficient (Wildman–Crippen LogP) is 3.24. The highest BCUT2D eigenvalue weighted by Crippen LogP contribution is 2.09. The van der Waals surface area contributed by atoms with E-state index in [0.717, 1.165) is 25.1 Å². The molecule has 1 N–H and O–H groups in total. The molecule has 1 aromatic rings. The molecule has 1 aromatic carbocycles.